The molecule has 2 aromatic rings. The zero-order valence-corrected chi connectivity index (χ0v) is 17.5. The molecule has 1 atom stereocenters. The summed E-state index contributed by atoms with van der Waals surface area (Å²) in [6.07, 6.45) is 1.28. The summed E-state index contributed by atoms with van der Waals surface area (Å²) in [5.41, 5.74) is 1.50. The number of aliphatic imine (C=N–C) groups is 1. The van der Waals surface area contributed by atoms with Crippen molar-refractivity contribution >= 4 is 16.0 Å². The maximum atomic E-state index is 12.6. The Labute approximate surface area is 171 Å². The molecule has 1 saturated heterocycles. The average Bonchev–Trinajstić information content (AvgIpc) is 3.24. The van der Waals surface area contributed by atoms with Gasteiger partial charge in [-0.05, 0) is 5.56 Å². The number of ether oxygens (including phenoxy) is 1. The van der Waals surface area contributed by atoms with E-state index in [0.29, 0.717) is 38.4 Å². The quantitative estimate of drug-likeness (QED) is 0.527. The molecule has 1 aliphatic rings. The third-order valence-electron chi connectivity index (χ3n) is 4.87. The van der Waals surface area contributed by atoms with E-state index < -0.39 is 10.0 Å². The molecule has 0 amide bonds. The second-order valence-electron chi connectivity index (χ2n) is 6.70. The van der Waals surface area contributed by atoms with E-state index in [4.69, 9.17) is 9.26 Å². The Kier molecular flexibility index (Phi) is 7.24. The van der Waals surface area contributed by atoms with Crippen molar-refractivity contribution < 1.29 is 17.7 Å². The van der Waals surface area contributed by atoms with Gasteiger partial charge in [-0.1, -0.05) is 35.5 Å². The Hall–Kier alpha value is -2.43. The number of hydrogen-bond acceptors (Lipinski definition) is 6. The molecule has 1 fully saturated rings. The van der Waals surface area contributed by atoms with E-state index in [-0.39, 0.29) is 11.9 Å². The van der Waals surface area contributed by atoms with Gasteiger partial charge in [-0.15, -0.1) is 0 Å². The van der Waals surface area contributed by atoms with Gasteiger partial charge in [0.2, 0.25) is 10.0 Å². The number of hydrogen-bond donors (Lipinski definition) is 1. The molecule has 10 heteroatoms. The number of nitrogens with one attached hydrogen (secondary N) is 1. The fraction of sp³-hybridized carbons (Fsp3) is 0.474. The maximum absolute atomic E-state index is 12.6. The van der Waals surface area contributed by atoms with Crippen LogP contribution in [0.2, 0.25) is 0 Å². The van der Waals surface area contributed by atoms with Gasteiger partial charge in [0.25, 0.3) is 0 Å². The standard InChI is InChI=1S/C19H27N5O4S/c1-20-19(21-14-18(27-2)16-6-4-3-5-7-16)23-9-11-24(12-10-23)29(25,26)15-17-8-13-28-22-17/h3-8,13,18H,9-12,14-15H2,1-2H3,(H,20,21). The highest BCUT2D eigenvalue weighted by molar-refractivity contribution is 7.88. The van der Waals surface area contributed by atoms with Crippen molar-refractivity contribution in [3.8, 4) is 0 Å². The summed E-state index contributed by atoms with van der Waals surface area (Å²) < 4.78 is 37.0. The Morgan fingerprint density at radius 1 is 1.24 bits per heavy atom. The first-order valence-electron chi connectivity index (χ1n) is 9.44. The first-order valence-corrected chi connectivity index (χ1v) is 11.0. The predicted molar refractivity (Wildman–Crippen MR) is 110 cm³/mol. The first kappa shape index (κ1) is 21.3. The zero-order chi connectivity index (χ0) is 20.7. The lowest BCUT2D eigenvalue weighted by molar-refractivity contribution is 0.105. The van der Waals surface area contributed by atoms with E-state index in [2.05, 4.69) is 20.4 Å². The molecule has 0 saturated carbocycles. The maximum Gasteiger partial charge on any atom is 0.220 e. The van der Waals surface area contributed by atoms with E-state index >= 15 is 0 Å². The SMILES string of the molecule is CN=C(NCC(OC)c1ccccc1)N1CCN(S(=O)(=O)Cc2ccon2)CC1. The van der Waals surface area contributed by atoms with Crippen LogP contribution in [0.25, 0.3) is 0 Å². The van der Waals surface area contributed by atoms with Gasteiger partial charge >= 0.3 is 0 Å². The van der Waals surface area contributed by atoms with Gasteiger partial charge in [0.15, 0.2) is 5.96 Å². The molecule has 1 N–H and O–H groups in total. The van der Waals surface area contributed by atoms with Crippen LogP contribution in [0.1, 0.15) is 17.4 Å². The smallest absolute Gasteiger partial charge is 0.220 e. The summed E-state index contributed by atoms with van der Waals surface area (Å²) in [5.74, 6) is 0.583. The molecule has 0 spiro atoms. The van der Waals surface area contributed by atoms with E-state index in [1.165, 1.54) is 10.6 Å². The number of benzene rings is 1. The van der Waals surface area contributed by atoms with Crippen LogP contribution in [0, 0.1) is 0 Å². The van der Waals surface area contributed by atoms with Crippen molar-refractivity contribution in [2.24, 2.45) is 4.99 Å². The number of piperazine rings is 1. The van der Waals surface area contributed by atoms with E-state index in [1.54, 1.807) is 20.2 Å². The molecular formula is C19H27N5O4S. The number of aromatic nitrogens is 1. The molecule has 1 aromatic carbocycles. The molecule has 0 bridgehead atoms. The normalized spacial score (nSPS) is 17.3. The fourth-order valence-corrected chi connectivity index (χ4v) is 4.71. The van der Waals surface area contributed by atoms with Crippen molar-refractivity contribution in [2.75, 3.05) is 46.9 Å². The van der Waals surface area contributed by atoms with Crippen LogP contribution in [-0.2, 0) is 20.5 Å². The summed E-state index contributed by atoms with van der Waals surface area (Å²) in [6.45, 7) is 2.47. The number of rotatable bonds is 7. The third kappa shape index (κ3) is 5.55. The molecule has 2 heterocycles. The van der Waals surface area contributed by atoms with Crippen molar-refractivity contribution in [3.63, 3.8) is 0 Å². The lowest BCUT2D eigenvalue weighted by Gasteiger charge is -2.36. The number of guanidine groups is 1. The van der Waals surface area contributed by atoms with Crippen molar-refractivity contribution in [1.82, 2.24) is 19.7 Å². The van der Waals surface area contributed by atoms with Crippen LogP contribution in [0.3, 0.4) is 0 Å². The summed E-state index contributed by atoms with van der Waals surface area (Å²) in [5, 5.41) is 7.03. The Morgan fingerprint density at radius 3 is 2.55 bits per heavy atom. The first-order chi connectivity index (χ1) is 14.0. The lowest BCUT2D eigenvalue weighted by Crippen LogP contribution is -2.54. The summed E-state index contributed by atoms with van der Waals surface area (Å²) in [6, 6.07) is 11.6. The predicted octanol–water partition coefficient (Wildman–Crippen LogP) is 1.09. The molecule has 1 aliphatic heterocycles. The van der Waals surface area contributed by atoms with Gasteiger partial charge in [-0.25, -0.2) is 8.42 Å². The number of sulfonamides is 1. The van der Waals surface area contributed by atoms with Crippen LogP contribution in [0.4, 0.5) is 0 Å². The third-order valence-corrected chi connectivity index (χ3v) is 6.68. The second kappa shape index (κ2) is 9.86. The van der Waals surface area contributed by atoms with Crippen molar-refractivity contribution in [3.05, 3.63) is 53.9 Å². The van der Waals surface area contributed by atoms with E-state index in [9.17, 15) is 8.42 Å². The Morgan fingerprint density at radius 2 is 1.97 bits per heavy atom. The zero-order valence-electron chi connectivity index (χ0n) is 16.7. The Bertz CT molecular complexity index is 879. The molecule has 0 aliphatic carbocycles. The van der Waals surface area contributed by atoms with Gasteiger partial charge in [-0.3, -0.25) is 4.99 Å². The minimum Gasteiger partial charge on any atom is -0.375 e. The molecule has 158 valence electrons. The Balaban J connectivity index is 1.53. The minimum absolute atomic E-state index is 0.0999. The number of nitrogens with zero attached hydrogens (tertiary/aromatic N) is 4. The molecule has 9 nitrogen and oxygen atoms in total. The molecule has 1 aromatic heterocycles. The van der Waals surface area contributed by atoms with Gasteiger partial charge in [0.05, 0.1) is 11.8 Å². The molecule has 3 rings (SSSR count). The van der Waals surface area contributed by atoms with Gasteiger partial charge in [-0.2, -0.15) is 4.31 Å². The minimum atomic E-state index is -3.42. The van der Waals surface area contributed by atoms with Crippen LogP contribution < -0.4 is 5.32 Å². The number of methoxy groups -OCH3 is 1. The topological polar surface area (TPSA) is 100 Å². The van der Waals surface area contributed by atoms with E-state index in [1.807, 2.05) is 30.3 Å². The van der Waals surface area contributed by atoms with Crippen LogP contribution >= 0.6 is 0 Å². The van der Waals surface area contributed by atoms with Crippen LogP contribution in [0.15, 0.2) is 52.2 Å². The van der Waals surface area contributed by atoms with Gasteiger partial charge < -0.3 is 19.5 Å². The summed E-state index contributed by atoms with van der Waals surface area (Å²) in [7, 11) is -0.0202. The van der Waals surface area contributed by atoms with Gasteiger partial charge in [0.1, 0.15) is 12.0 Å². The van der Waals surface area contributed by atoms with Crippen molar-refractivity contribution in [1.29, 1.82) is 0 Å². The molecule has 0 radical (unpaired) electrons. The van der Waals surface area contributed by atoms with E-state index in [0.717, 1.165) is 11.5 Å². The highest BCUT2D eigenvalue weighted by atomic mass is 32.2. The highest BCUT2D eigenvalue weighted by Gasteiger charge is 2.29. The molecular weight excluding hydrogens is 394 g/mol. The monoisotopic (exact) mass is 421 g/mol. The average molecular weight is 422 g/mol. The fourth-order valence-electron chi connectivity index (χ4n) is 3.29. The largest absolute Gasteiger partial charge is 0.375 e. The summed E-state index contributed by atoms with van der Waals surface area (Å²) >= 11 is 0. The van der Waals surface area contributed by atoms with Gasteiger partial charge in [0, 0.05) is 52.9 Å². The van der Waals surface area contributed by atoms with Crippen LogP contribution in [-0.4, -0.2) is 75.6 Å². The summed E-state index contributed by atoms with van der Waals surface area (Å²) in [4.78, 5) is 6.40. The van der Waals surface area contributed by atoms with Crippen LogP contribution in [0.5, 0.6) is 0 Å². The molecule has 29 heavy (non-hydrogen) atoms. The second-order valence-corrected chi connectivity index (χ2v) is 8.67. The highest BCUT2D eigenvalue weighted by Crippen LogP contribution is 2.16. The van der Waals surface area contributed by atoms with Crippen molar-refractivity contribution in [2.45, 2.75) is 11.9 Å². The molecule has 1 unspecified atom stereocenters. The lowest BCUT2D eigenvalue weighted by atomic mass is 10.1.